The molecule has 0 fully saturated rings. The first-order valence-electron chi connectivity index (χ1n) is 8.77. The summed E-state index contributed by atoms with van der Waals surface area (Å²) in [5.74, 6) is -0.697. The van der Waals surface area contributed by atoms with Crippen molar-refractivity contribution in [1.29, 1.82) is 0 Å². The van der Waals surface area contributed by atoms with Gasteiger partial charge in [0.1, 0.15) is 11.9 Å². The van der Waals surface area contributed by atoms with Crippen molar-refractivity contribution in [3.63, 3.8) is 0 Å². The molecule has 3 heterocycles. The van der Waals surface area contributed by atoms with E-state index in [1.807, 2.05) is 0 Å². The fourth-order valence-corrected chi connectivity index (χ4v) is 3.53. The zero-order chi connectivity index (χ0) is 21.7. The van der Waals surface area contributed by atoms with Gasteiger partial charge >= 0.3 is 6.18 Å². The van der Waals surface area contributed by atoms with Crippen molar-refractivity contribution in [1.82, 2.24) is 14.9 Å². The van der Waals surface area contributed by atoms with Crippen LogP contribution < -0.4 is 5.73 Å². The molecule has 2 aliphatic rings. The number of aromatic nitrogens is 2. The molecule has 0 bridgehead atoms. The average Bonchev–Trinajstić information content (AvgIpc) is 3.32. The fraction of sp³-hybridized carbons (Fsp3) is 0.263. The number of rotatable bonds is 3. The largest absolute Gasteiger partial charge is 0.444 e. The first-order valence-corrected chi connectivity index (χ1v) is 8.77. The first kappa shape index (κ1) is 19.8. The van der Waals surface area contributed by atoms with Crippen LogP contribution in [-0.4, -0.2) is 40.0 Å². The second kappa shape index (κ2) is 6.78. The van der Waals surface area contributed by atoms with Crippen molar-refractivity contribution in [3.05, 3.63) is 65.7 Å². The van der Waals surface area contributed by atoms with E-state index in [0.29, 0.717) is 17.4 Å². The third kappa shape index (κ3) is 2.97. The van der Waals surface area contributed by atoms with Gasteiger partial charge in [-0.3, -0.25) is 14.7 Å². The number of oxazole rings is 1. The Morgan fingerprint density at radius 3 is 2.73 bits per heavy atom. The van der Waals surface area contributed by atoms with Gasteiger partial charge < -0.3 is 10.2 Å². The molecule has 2 atom stereocenters. The molecule has 11 heteroatoms. The maximum absolute atomic E-state index is 15.1. The van der Waals surface area contributed by atoms with E-state index in [1.54, 1.807) is 6.08 Å². The van der Waals surface area contributed by atoms with Crippen LogP contribution in [-0.2, 0) is 16.5 Å². The minimum absolute atomic E-state index is 0.132. The molecular weight excluding hydrogens is 406 g/mol. The Morgan fingerprint density at radius 2 is 2.13 bits per heavy atom. The molecule has 0 radical (unpaired) electrons. The predicted molar refractivity (Wildman–Crippen MR) is 97.4 cm³/mol. The number of likely N-dealkylation sites (N-methyl/N-ethyl adjacent to an activating group) is 1. The summed E-state index contributed by atoms with van der Waals surface area (Å²) in [6.45, 7) is 0. The van der Waals surface area contributed by atoms with E-state index in [9.17, 15) is 18.0 Å². The van der Waals surface area contributed by atoms with E-state index in [2.05, 4.69) is 15.0 Å². The van der Waals surface area contributed by atoms with Crippen molar-refractivity contribution in [2.45, 2.75) is 24.3 Å². The zero-order valence-electron chi connectivity index (χ0n) is 15.5. The van der Waals surface area contributed by atoms with Gasteiger partial charge in [0.2, 0.25) is 0 Å². The van der Waals surface area contributed by atoms with Crippen LogP contribution in [0.1, 0.15) is 23.4 Å². The molecule has 1 aliphatic carbocycles. The Labute approximate surface area is 167 Å². The van der Waals surface area contributed by atoms with Crippen LogP contribution in [0.5, 0.6) is 0 Å². The van der Waals surface area contributed by atoms with Gasteiger partial charge in [-0.2, -0.15) is 13.2 Å². The molecule has 0 saturated carbocycles. The third-order valence-electron chi connectivity index (χ3n) is 5.04. The molecule has 2 N–H and O–H groups in total. The number of amides is 1. The van der Waals surface area contributed by atoms with Crippen LogP contribution in [0.4, 0.5) is 17.6 Å². The van der Waals surface area contributed by atoms with E-state index in [4.69, 9.17) is 10.2 Å². The molecule has 0 aromatic carbocycles. The predicted octanol–water partition coefficient (Wildman–Crippen LogP) is 2.82. The molecule has 0 saturated heterocycles. The Hall–Kier alpha value is -3.50. The molecule has 156 valence electrons. The minimum Gasteiger partial charge on any atom is -0.444 e. The highest BCUT2D eigenvalue weighted by Crippen LogP contribution is 2.46. The van der Waals surface area contributed by atoms with Gasteiger partial charge in [0.15, 0.2) is 23.7 Å². The normalized spacial score (nSPS) is 24.6. The van der Waals surface area contributed by atoms with Crippen LogP contribution in [0.2, 0.25) is 0 Å². The number of aliphatic imine (C=N–C) groups is 1. The molecule has 2 unspecified atom stereocenters. The Bertz CT molecular complexity index is 1090. The lowest BCUT2D eigenvalue weighted by atomic mass is 9.76. The summed E-state index contributed by atoms with van der Waals surface area (Å²) in [5, 5.41) is 0. The lowest BCUT2D eigenvalue weighted by Gasteiger charge is -2.32. The topological polar surface area (TPSA) is 97.6 Å². The third-order valence-corrected chi connectivity index (χ3v) is 5.04. The minimum atomic E-state index is -4.76. The second-order valence-corrected chi connectivity index (χ2v) is 6.80. The molecule has 2 aromatic heterocycles. The highest BCUT2D eigenvalue weighted by Gasteiger charge is 2.54. The molecule has 2 aromatic rings. The van der Waals surface area contributed by atoms with Gasteiger partial charge in [-0.25, -0.2) is 14.4 Å². The van der Waals surface area contributed by atoms with Gasteiger partial charge in [0.25, 0.3) is 5.91 Å². The summed E-state index contributed by atoms with van der Waals surface area (Å²) < 4.78 is 60.1. The monoisotopic (exact) mass is 421 g/mol. The van der Waals surface area contributed by atoms with Crippen molar-refractivity contribution >= 4 is 17.4 Å². The van der Waals surface area contributed by atoms with Gasteiger partial charge in [-0.15, -0.1) is 0 Å². The highest BCUT2D eigenvalue weighted by molar-refractivity contribution is 6.09. The number of pyridine rings is 1. The number of allylic oxidation sites excluding steroid dienone is 3. The van der Waals surface area contributed by atoms with Crippen LogP contribution in [0.15, 0.2) is 58.1 Å². The summed E-state index contributed by atoms with van der Waals surface area (Å²) in [6.07, 6.45) is -0.201. The number of alkyl halides is 4. The Kier molecular flexibility index (Phi) is 4.48. The number of hydrogen-bond acceptors (Lipinski definition) is 6. The van der Waals surface area contributed by atoms with Crippen molar-refractivity contribution < 1.29 is 26.8 Å². The number of carbonyl (C=O) groups excluding carboxylic acids is 1. The van der Waals surface area contributed by atoms with E-state index < -0.39 is 29.5 Å². The SMILES string of the molecule is CN1C(=O)C(C2=CC(c3cnco3)=CCC2F)(c2ccnc(C(F)(F)F)c2)N=C1N. The molecular formula is C19H15F4N5O2. The summed E-state index contributed by atoms with van der Waals surface area (Å²) in [6, 6.07) is 1.89. The lowest BCUT2D eigenvalue weighted by Crippen LogP contribution is -2.43. The Morgan fingerprint density at radius 1 is 1.37 bits per heavy atom. The molecule has 0 spiro atoms. The quantitative estimate of drug-likeness (QED) is 0.769. The number of nitrogens with zero attached hydrogens (tertiary/aromatic N) is 4. The van der Waals surface area contributed by atoms with E-state index in [0.717, 1.165) is 11.1 Å². The van der Waals surface area contributed by atoms with Crippen LogP contribution in [0, 0.1) is 0 Å². The van der Waals surface area contributed by atoms with Crippen LogP contribution in [0.3, 0.4) is 0 Å². The summed E-state index contributed by atoms with van der Waals surface area (Å²) in [7, 11) is 1.32. The maximum atomic E-state index is 15.1. The average molecular weight is 421 g/mol. The molecule has 30 heavy (non-hydrogen) atoms. The lowest BCUT2D eigenvalue weighted by molar-refractivity contribution is -0.141. The molecule has 7 nitrogen and oxygen atoms in total. The molecule has 1 aliphatic heterocycles. The van der Waals surface area contributed by atoms with Crippen LogP contribution >= 0.6 is 0 Å². The number of nitrogens with two attached hydrogens (primary N) is 1. The number of hydrogen-bond donors (Lipinski definition) is 1. The van der Waals surface area contributed by atoms with Crippen molar-refractivity contribution in [2.75, 3.05) is 7.05 Å². The first-order chi connectivity index (χ1) is 14.1. The fourth-order valence-electron chi connectivity index (χ4n) is 3.53. The summed E-state index contributed by atoms with van der Waals surface area (Å²) >= 11 is 0. The molecule has 4 rings (SSSR count). The van der Waals surface area contributed by atoms with Gasteiger partial charge in [0, 0.05) is 30.8 Å². The van der Waals surface area contributed by atoms with Gasteiger partial charge in [-0.05, 0) is 23.8 Å². The van der Waals surface area contributed by atoms with Gasteiger partial charge in [0.05, 0.1) is 6.20 Å². The van der Waals surface area contributed by atoms with E-state index in [-0.39, 0.29) is 23.5 Å². The summed E-state index contributed by atoms with van der Waals surface area (Å²) in [4.78, 5) is 25.5. The molecule has 1 amide bonds. The zero-order valence-corrected chi connectivity index (χ0v) is 15.5. The Balaban J connectivity index is 1.95. The number of carbonyl (C=O) groups is 1. The maximum Gasteiger partial charge on any atom is 0.433 e. The smallest absolute Gasteiger partial charge is 0.433 e. The van der Waals surface area contributed by atoms with E-state index in [1.165, 1.54) is 31.8 Å². The van der Waals surface area contributed by atoms with Gasteiger partial charge in [-0.1, -0.05) is 6.08 Å². The highest BCUT2D eigenvalue weighted by atomic mass is 19.4. The second-order valence-electron chi connectivity index (χ2n) is 6.80. The number of guanidine groups is 1. The standard InChI is InChI=1S/C19H15F4N5O2/c1-28-16(29)18(27-17(28)24,11-4-5-26-15(7-11)19(21,22)23)12-6-10(2-3-13(12)20)14-8-25-9-30-14/h2,4-9,13H,3H2,1H3,(H2,24,27). The van der Waals surface area contributed by atoms with E-state index >= 15 is 4.39 Å². The number of halogens is 4. The van der Waals surface area contributed by atoms with Crippen molar-refractivity contribution in [2.24, 2.45) is 10.7 Å². The van der Waals surface area contributed by atoms with Crippen molar-refractivity contribution in [3.8, 4) is 0 Å². The summed E-state index contributed by atoms with van der Waals surface area (Å²) in [5.41, 5.74) is 2.58. The van der Waals surface area contributed by atoms with Crippen LogP contribution in [0.25, 0.3) is 5.57 Å².